The molecule has 4 aromatic rings. The highest BCUT2D eigenvalue weighted by Crippen LogP contribution is 2.30. The van der Waals surface area contributed by atoms with Crippen LogP contribution in [-0.2, 0) is 24.4 Å². The van der Waals surface area contributed by atoms with Crippen molar-refractivity contribution in [1.82, 2.24) is 9.88 Å². The van der Waals surface area contributed by atoms with Crippen LogP contribution < -0.4 is 10.2 Å². The summed E-state index contributed by atoms with van der Waals surface area (Å²) in [6.45, 7) is 3.47. The number of carbonyl (C=O) groups excluding carboxylic acids is 2. The van der Waals surface area contributed by atoms with Gasteiger partial charge in [-0.05, 0) is 60.5 Å². The van der Waals surface area contributed by atoms with E-state index in [0.717, 1.165) is 31.9 Å². The molecule has 5 rings (SSSR count). The molecule has 2 heterocycles. The van der Waals surface area contributed by atoms with E-state index >= 15 is 0 Å². The van der Waals surface area contributed by atoms with E-state index in [1.807, 2.05) is 101 Å². The average Bonchev–Trinajstić information content (AvgIpc) is 3.20. The third kappa shape index (κ3) is 5.42. The molecule has 0 spiro atoms. The topological polar surface area (TPSA) is 54.3 Å². The van der Waals surface area contributed by atoms with Crippen LogP contribution >= 0.6 is 27.7 Å². The van der Waals surface area contributed by atoms with Gasteiger partial charge in [0, 0.05) is 27.3 Å². The van der Waals surface area contributed by atoms with Crippen molar-refractivity contribution in [2.24, 2.45) is 0 Å². The van der Waals surface area contributed by atoms with E-state index < -0.39 is 0 Å². The SMILES string of the molecule is Cc1ccc(CNC(=O)c2ccc3n2Cc2ccccc2N(C(=O)CSc2ccc(Br)cc2)C3)cc1. The van der Waals surface area contributed by atoms with Gasteiger partial charge in [0.05, 0.1) is 18.8 Å². The average molecular weight is 561 g/mol. The molecule has 1 aliphatic heterocycles. The Kier molecular flexibility index (Phi) is 7.30. The first-order chi connectivity index (χ1) is 17.5. The zero-order valence-electron chi connectivity index (χ0n) is 19.9. The lowest BCUT2D eigenvalue weighted by Crippen LogP contribution is -2.32. The van der Waals surface area contributed by atoms with Crippen LogP contribution in [0.5, 0.6) is 0 Å². The van der Waals surface area contributed by atoms with Crippen molar-refractivity contribution >= 4 is 45.2 Å². The van der Waals surface area contributed by atoms with Gasteiger partial charge in [0.25, 0.3) is 5.91 Å². The van der Waals surface area contributed by atoms with Crippen LogP contribution in [0.2, 0.25) is 0 Å². The number of carbonyl (C=O) groups is 2. The Hall–Kier alpha value is -3.29. The van der Waals surface area contributed by atoms with Crippen LogP contribution in [-0.4, -0.2) is 22.1 Å². The highest BCUT2D eigenvalue weighted by Gasteiger charge is 2.26. The minimum absolute atomic E-state index is 0.0374. The predicted molar refractivity (Wildman–Crippen MR) is 148 cm³/mol. The number of anilines is 1. The normalized spacial score (nSPS) is 12.4. The van der Waals surface area contributed by atoms with E-state index in [4.69, 9.17) is 0 Å². The number of hydrogen-bond acceptors (Lipinski definition) is 3. The third-order valence-electron chi connectivity index (χ3n) is 6.29. The lowest BCUT2D eigenvalue weighted by Gasteiger charge is -2.22. The van der Waals surface area contributed by atoms with Gasteiger partial charge >= 0.3 is 0 Å². The first-order valence-electron chi connectivity index (χ1n) is 11.8. The van der Waals surface area contributed by atoms with Crippen molar-refractivity contribution in [2.45, 2.75) is 31.5 Å². The lowest BCUT2D eigenvalue weighted by molar-refractivity contribution is -0.116. The fraction of sp³-hybridized carbons (Fsp3) is 0.172. The van der Waals surface area contributed by atoms with Crippen LogP contribution in [0.15, 0.2) is 94.3 Å². The summed E-state index contributed by atoms with van der Waals surface area (Å²) < 4.78 is 3.04. The summed E-state index contributed by atoms with van der Waals surface area (Å²) in [6, 6.07) is 27.9. The molecule has 7 heteroatoms. The molecular formula is C29H26BrN3O2S. The third-order valence-corrected chi connectivity index (χ3v) is 7.81. The minimum atomic E-state index is -0.120. The molecule has 0 radical (unpaired) electrons. The number of halogens is 1. The number of para-hydroxylation sites is 1. The van der Waals surface area contributed by atoms with E-state index in [9.17, 15) is 9.59 Å². The van der Waals surface area contributed by atoms with Crippen LogP contribution in [0, 0.1) is 6.92 Å². The molecule has 2 amide bonds. The van der Waals surface area contributed by atoms with Gasteiger partial charge < -0.3 is 14.8 Å². The minimum Gasteiger partial charge on any atom is -0.347 e. The first kappa shape index (κ1) is 24.4. The molecule has 3 aromatic carbocycles. The van der Waals surface area contributed by atoms with Crippen LogP contribution in [0.3, 0.4) is 0 Å². The van der Waals surface area contributed by atoms with E-state index in [-0.39, 0.29) is 11.8 Å². The van der Waals surface area contributed by atoms with Gasteiger partial charge in [0.15, 0.2) is 0 Å². The van der Waals surface area contributed by atoms with Gasteiger partial charge in [0.1, 0.15) is 5.69 Å². The maximum Gasteiger partial charge on any atom is 0.268 e. The first-order valence-corrected chi connectivity index (χ1v) is 13.5. The maximum absolute atomic E-state index is 13.4. The molecule has 182 valence electrons. The summed E-state index contributed by atoms with van der Waals surface area (Å²) in [5.41, 5.74) is 5.70. The lowest BCUT2D eigenvalue weighted by atomic mass is 10.1. The smallest absolute Gasteiger partial charge is 0.268 e. The Morgan fingerprint density at radius 2 is 1.67 bits per heavy atom. The molecule has 0 aliphatic carbocycles. The van der Waals surface area contributed by atoms with Crippen molar-refractivity contribution in [2.75, 3.05) is 10.7 Å². The molecule has 5 nitrogen and oxygen atoms in total. The monoisotopic (exact) mass is 559 g/mol. The quantitative estimate of drug-likeness (QED) is 0.287. The summed E-state index contributed by atoms with van der Waals surface area (Å²) >= 11 is 4.98. The van der Waals surface area contributed by atoms with Gasteiger partial charge in [-0.3, -0.25) is 9.59 Å². The molecule has 1 N–H and O–H groups in total. The van der Waals surface area contributed by atoms with Crippen molar-refractivity contribution in [1.29, 1.82) is 0 Å². The summed E-state index contributed by atoms with van der Waals surface area (Å²) in [6.07, 6.45) is 0. The molecule has 0 atom stereocenters. The van der Waals surface area contributed by atoms with E-state index in [1.165, 1.54) is 17.3 Å². The zero-order chi connectivity index (χ0) is 25.1. The Morgan fingerprint density at radius 3 is 2.44 bits per heavy atom. The largest absolute Gasteiger partial charge is 0.347 e. The van der Waals surface area contributed by atoms with Gasteiger partial charge in [0.2, 0.25) is 5.91 Å². The number of nitrogens with one attached hydrogen (secondary N) is 1. The summed E-state index contributed by atoms with van der Waals surface area (Å²) in [5.74, 6) is 0.251. The second kappa shape index (κ2) is 10.8. The maximum atomic E-state index is 13.4. The molecule has 0 saturated heterocycles. The van der Waals surface area contributed by atoms with Crippen LogP contribution in [0.25, 0.3) is 0 Å². The fourth-order valence-corrected chi connectivity index (χ4v) is 5.35. The molecule has 0 bridgehead atoms. The highest BCUT2D eigenvalue weighted by molar-refractivity contribution is 9.10. The molecule has 0 saturated carbocycles. The summed E-state index contributed by atoms with van der Waals surface area (Å²) in [4.78, 5) is 29.4. The molecule has 0 unspecified atom stereocenters. The Bertz CT molecular complexity index is 1400. The summed E-state index contributed by atoms with van der Waals surface area (Å²) in [7, 11) is 0. The van der Waals surface area contributed by atoms with Crippen molar-refractivity contribution in [3.63, 3.8) is 0 Å². The molecule has 1 aromatic heterocycles. The second-order valence-corrected chi connectivity index (χ2v) is 10.8. The van der Waals surface area contributed by atoms with E-state index in [0.29, 0.717) is 31.1 Å². The Balaban J connectivity index is 1.35. The molecule has 0 fully saturated rings. The second-order valence-electron chi connectivity index (χ2n) is 8.82. The van der Waals surface area contributed by atoms with Gasteiger partial charge in [-0.1, -0.05) is 64.0 Å². The van der Waals surface area contributed by atoms with Gasteiger partial charge in [-0.2, -0.15) is 0 Å². The molecule has 36 heavy (non-hydrogen) atoms. The van der Waals surface area contributed by atoms with Crippen LogP contribution in [0.4, 0.5) is 5.69 Å². The molecule has 1 aliphatic rings. The Labute approximate surface area is 223 Å². The highest BCUT2D eigenvalue weighted by atomic mass is 79.9. The number of aromatic nitrogens is 1. The predicted octanol–water partition coefficient (Wildman–Crippen LogP) is 6.18. The number of amides is 2. The molecular weight excluding hydrogens is 534 g/mol. The Morgan fingerprint density at radius 1 is 0.917 bits per heavy atom. The summed E-state index contributed by atoms with van der Waals surface area (Å²) in [5, 5.41) is 3.04. The zero-order valence-corrected chi connectivity index (χ0v) is 22.3. The van der Waals surface area contributed by atoms with Gasteiger partial charge in [-0.25, -0.2) is 0 Å². The number of hydrogen-bond donors (Lipinski definition) is 1. The van der Waals surface area contributed by atoms with E-state index in [1.54, 1.807) is 0 Å². The van der Waals surface area contributed by atoms with E-state index in [2.05, 4.69) is 21.2 Å². The van der Waals surface area contributed by atoms with Crippen LogP contribution in [0.1, 0.15) is 32.9 Å². The number of thioether (sulfide) groups is 1. The number of fused-ring (bicyclic) bond motifs is 2. The van der Waals surface area contributed by atoms with Crippen molar-refractivity contribution in [3.8, 4) is 0 Å². The van der Waals surface area contributed by atoms with Gasteiger partial charge in [-0.15, -0.1) is 11.8 Å². The number of rotatable bonds is 6. The van der Waals surface area contributed by atoms with Crippen molar-refractivity contribution < 1.29 is 9.59 Å². The standard InChI is InChI=1S/C29H26BrN3O2S/c1-20-6-8-21(9-7-20)16-31-29(35)27-15-12-24-18-33(26-5-3-2-4-22(26)17-32(24)27)28(34)19-36-25-13-10-23(30)11-14-25/h2-15H,16-19H2,1H3,(H,31,35). The van der Waals surface area contributed by atoms with Crippen molar-refractivity contribution in [3.05, 3.63) is 117 Å². The fourth-order valence-electron chi connectivity index (χ4n) is 4.31. The number of aryl methyl sites for hydroxylation is 1. The number of benzene rings is 3. The number of nitrogens with zero attached hydrogens (tertiary/aromatic N) is 2.